The van der Waals surface area contributed by atoms with Crippen LogP contribution in [0.4, 0.5) is 5.95 Å². The van der Waals surface area contributed by atoms with Gasteiger partial charge in [0.15, 0.2) is 0 Å². The van der Waals surface area contributed by atoms with Gasteiger partial charge in [0, 0.05) is 24.5 Å². The van der Waals surface area contributed by atoms with Gasteiger partial charge in [-0.25, -0.2) is 9.97 Å². The molecule has 2 rings (SSSR count). The summed E-state index contributed by atoms with van der Waals surface area (Å²) in [7, 11) is 0. The fraction of sp³-hybridized carbons (Fsp3) is 0.688. The van der Waals surface area contributed by atoms with Crippen LogP contribution in [0.3, 0.4) is 0 Å². The summed E-state index contributed by atoms with van der Waals surface area (Å²) in [5.74, 6) is 1.14. The summed E-state index contributed by atoms with van der Waals surface area (Å²) in [5, 5.41) is 3.29. The third-order valence-electron chi connectivity index (χ3n) is 3.69. The molecular formula is C16H25N3O2. The first kappa shape index (κ1) is 15.7. The second kappa shape index (κ2) is 7.96. The molecule has 0 aliphatic heterocycles. The predicted octanol–water partition coefficient (Wildman–Crippen LogP) is 2.96. The van der Waals surface area contributed by atoms with E-state index >= 15 is 0 Å². The quantitative estimate of drug-likeness (QED) is 0.816. The minimum Gasteiger partial charge on any atom is -0.463 e. The Bertz CT molecular complexity index is 439. The highest BCUT2D eigenvalue weighted by molar-refractivity contribution is 5.72. The van der Waals surface area contributed by atoms with E-state index in [2.05, 4.69) is 15.3 Å². The van der Waals surface area contributed by atoms with Crippen molar-refractivity contribution in [2.45, 2.75) is 58.5 Å². The van der Waals surface area contributed by atoms with Gasteiger partial charge in [0.1, 0.15) is 0 Å². The van der Waals surface area contributed by atoms with E-state index in [0.29, 0.717) is 5.95 Å². The highest BCUT2D eigenvalue weighted by Crippen LogP contribution is 2.23. The van der Waals surface area contributed by atoms with Crippen molar-refractivity contribution in [3.63, 3.8) is 0 Å². The van der Waals surface area contributed by atoms with E-state index in [1.165, 1.54) is 32.1 Å². The number of rotatable bonds is 6. The van der Waals surface area contributed by atoms with Crippen molar-refractivity contribution >= 4 is 11.9 Å². The van der Waals surface area contributed by atoms with E-state index in [0.717, 1.165) is 18.0 Å². The molecule has 1 aromatic heterocycles. The fourth-order valence-corrected chi connectivity index (χ4v) is 2.64. The summed E-state index contributed by atoms with van der Waals surface area (Å²) in [6.45, 7) is 4.62. The minimum absolute atomic E-state index is 0.0881. The molecule has 1 aromatic rings. The summed E-state index contributed by atoms with van der Waals surface area (Å²) in [6.07, 6.45) is 10.2. The lowest BCUT2D eigenvalue weighted by atomic mass is 9.89. The molecule has 0 spiro atoms. The summed E-state index contributed by atoms with van der Waals surface area (Å²) >= 11 is 0. The second-order valence-electron chi connectivity index (χ2n) is 6.02. The van der Waals surface area contributed by atoms with E-state index in [-0.39, 0.29) is 18.5 Å². The molecule has 1 aliphatic rings. The largest absolute Gasteiger partial charge is 0.463 e. The zero-order valence-corrected chi connectivity index (χ0v) is 13.0. The van der Waals surface area contributed by atoms with Gasteiger partial charge in [0.2, 0.25) is 5.95 Å². The molecule has 5 heteroatoms. The van der Waals surface area contributed by atoms with Crippen LogP contribution in [0.1, 0.15) is 51.5 Å². The maximum absolute atomic E-state index is 11.5. The van der Waals surface area contributed by atoms with Gasteiger partial charge in [0.05, 0.1) is 12.5 Å². The van der Waals surface area contributed by atoms with Crippen LogP contribution in [0.5, 0.6) is 0 Å². The van der Waals surface area contributed by atoms with Gasteiger partial charge in [-0.15, -0.1) is 0 Å². The number of aromatic nitrogens is 2. The Morgan fingerprint density at radius 2 is 1.95 bits per heavy atom. The van der Waals surface area contributed by atoms with Crippen LogP contribution in [-0.4, -0.2) is 28.6 Å². The Hall–Kier alpha value is -1.65. The second-order valence-corrected chi connectivity index (χ2v) is 6.02. The van der Waals surface area contributed by atoms with E-state index < -0.39 is 0 Å². The number of ether oxygens (including phenoxy) is 1. The van der Waals surface area contributed by atoms with Gasteiger partial charge in [-0.3, -0.25) is 4.79 Å². The highest BCUT2D eigenvalue weighted by atomic mass is 16.5. The number of esters is 1. The van der Waals surface area contributed by atoms with Crippen LogP contribution >= 0.6 is 0 Å². The molecule has 0 bridgehead atoms. The molecule has 0 aromatic carbocycles. The third-order valence-corrected chi connectivity index (χ3v) is 3.69. The van der Waals surface area contributed by atoms with Crippen LogP contribution in [0.2, 0.25) is 0 Å². The topological polar surface area (TPSA) is 64.1 Å². The van der Waals surface area contributed by atoms with Crippen molar-refractivity contribution in [2.24, 2.45) is 5.92 Å². The lowest BCUT2D eigenvalue weighted by molar-refractivity contribution is -0.146. The van der Waals surface area contributed by atoms with Gasteiger partial charge in [0.25, 0.3) is 0 Å². The Balaban J connectivity index is 1.77. The SMILES string of the molecule is CC(C)OC(=O)Cc1cnc(NCC2CCCCC2)nc1. The first-order valence-corrected chi connectivity index (χ1v) is 7.88. The zero-order chi connectivity index (χ0) is 15.1. The van der Waals surface area contributed by atoms with E-state index in [1.54, 1.807) is 12.4 Å². The number of hydrogen-bond acceptors (Lipinski definition) is 5. The lowest BCUT2D eigenvalue weighted by Crippen LogP contribution is -2.18. The number of hydrogen-bond donors (Lipinski definition) is 1. The molecule has 5 nitrogen and oxygen atoms in total. The monoisotopic (exact) mass is 291 g/mol. The average molecular weight is 291 g/mol. The summed E-state index contributed by atoms with van der Waals surface area (Å²) in [5.41, 5.74) is 0.781. The van der Waals surface area contributed by atoms with Gasteiger partial charge < -0.3 is 10.1 Å². The molecule has 0 unspecified atom stereocenters. The molecule has 0 atom stereocenters. The van der Waals surface area contributed by atoms with Gasteiger partial charge in [-0.2, -0.15) is 0 Å². The summed E-state index contributed by atoms with van der Waals surface area (Å²) in [6, 6.07) is 0. The van der Waals surface area contributed by atoms with Crippen LogP contribution in [0, 0.1) is 5.92 Å². The number of carbonyl (C=O) groups excluding carboxylic acids is 1. The molecule has 1 N–H and O–H groups in total. The maximum Gasteiger partial charge on any atom is 0.310 e. The van der Waals surface area contributed by atoms with Crippen LogP contribution < -0.4 is 5.32 Å². The first-order valence-electron chi connectivity index (χ1n) is 7.88. The van der Waals surface area contributed by atoms with Gasteiger partial charge >= 0.3 is 5.97 Å². The van der Waals surface area contributed by atoms with E-state index in [9.17, 15) is 4.79 Å². The average Bonchev–Trinajstić information content (AvgIpc) is 2.47. The van der Waals surface area contributed by atoms with Crippen molar-refractivity contribution in [1.82, 2.24) is 9.97 Å². The third kappa shape index (κ3) is 5.69. The molecule has 21 heavy (non-hydrogen) atoms. The maximum atomic E-state index is 11.5. The van der Waals surface area contributed by atoms with E-state index in [4.69, 9.17) is 4.74 Å². The predicted molar refractivity (Wildman–Crippen MR) is 82.0 cm³/mol. The normalized spacial score (nSPS) is 16.0. The van der Waals surface area contributed by atoms with E-state index in [1.807, 2.05) is 13.8 Å². The fourth-order valence-electron chi connectivity index (χ4n) is 2.64. The number of carbonyl (C=O) groups is 1. The molecular weight excluding hydrogens is 266 g/mol. The molecule has 0 amide bonds. The van der Waals surface area contributed by atoms with Crippen molar-refractivity contribution < 1.29 is 9.53 Å². The van der Waals surface area contributed by atoms with Gasteiger partial charge in [-0.1, -0.05) is 19.3 Å². The highest BCUT2D eigenvalue weighted by Gasteiger charge is 2.13. The van der Waals surface area contributed by atoms with Crippen LogP contribution in [0.25, 0.3) is 0 Å². The first-order chi connectivity index (χ1) is 10.1. The summed E-state index contributed by atoms with van der Waals surface area (Å²) < 4.78 is 5.10. The Morgan fingerprint density at radius 1 is 1.29 bits per heavy atom. The van der Waals surface area contributed by atoms with Crippen molar-refractivity contribution in [3.05, 3.63) is 18.0 Å². The molecule has 1 aliphatic carbocycles. The number of nitrogens with zero attached hydrogens (tertiary/aromatic N) is 2. The smallest absolute Gasteiger partial charge is 0.310 e. The Morgan fingerprint density at radius 3 is 2.57 bits per heavy atom. The van der Waals surface area contributed by atoms with Crippen molar-refractivity contribution in [2.75, 3.05) is 11.9 Å². The molecule has 0 radical (unpaired) electrons. The lowest BCUT2D eigenvalue weighted by Gasteiger charge is -2.21. The van der Waals surface area contributed by atoms with Crippen LogP contribution in [0.15, 0.2) is 12.4 Å². The number of nitrogens with one attached hydrogen (secondary N) is 1. The number of anilines is 1. The zero-order valence-electron chi connectivity index (χ0n) is 13.0. The standard InChI is InChI=1S/C16H25N3O2/c1-12(2)21-15(20)8-14-10-18-16(19-11-14)17-9-13-6-4-3-5-7-13/h10-13H,3-9H2,1-2H3,(H,17,18,19). The Kier molecular flexibility index (Phi) is 5.96. The molecule has 1 heterocycles. The van der Waals surface area contributed by atoms with Crippen molar-refractivity contribution in [1.29, 1.82) is 0 Å². The molecule has 1 saturated carbocycles. The summed E-state index contributed by atoms with van der Waals surface area (Å²) in [4.78, 5) is 20.1. The van der Waals surface area contributed by atoms with Crippen LogP contribution in [-0.2, 0) is 16.0 Å². The van der Waals surface area contributed by atoms with Gasteiger partial charge in [-0.05, 0) is 32.6 Å². The van der Waals surface area contributed by atoms with Crippen molar-refractivity contribution in [3.8, 4) is 0 Å². The minimum atomic E-state index is -0.239. The molecule has 1 fully saturated rings. The Labute approximate surface area is 126 Å². The molecule has 116 valence electrons. The molecule has 0 saturated heterocycles.